The number of anilines is 6. The van der Waals surface area contributed by atoms with Crippen LogP contribution in [0.3, 0.4) is 0 Å². The van der Waals surface area contributed by atoms with Gasteiger partial charge >= 0.3 is 0 Å². The number of nitrogens with two attached hydrogens (primary N) is 2. The van der Waals surface area contributed by atoms with Gasteiger partial charge in [-0.3, -0.25) is 49.2 Å². The molecule has 14 N–H and O–H groups in total. The number of aryl methyl sites for hydroxylation is 6. The van der Waals surface area contributed by atoms with E-state index in [1.54, 1.807) is 88.3 Å². The van der Waals surface area contributed by atoms with Gasteiger partial charge in [0.15, 0.2) is 0 Å². The number of rotatable bonds is 20. The van der Waals surface area contributed by atoms with E-state index in [1.165, 1.54) is 79.2 Å². The van der Waals surface area contributed by atoms with Crippen LogP contribution in [-0.4, -0.2) is 99.4 Å². The predicted octanol–water partition coefficient (Wildman–Crippen LogP) is 4.19. The SMILES string of the molecule is Cl.Cl.Cn1cc(NC(=O)c2cc(NC(=O)c3cc(NC(=O)c4ccccc4C(=O)Nc4cc(C(=O)Nc5cc(C(=O)Nc6cc(C(=O)NCCC(=N)N)n(C)c6)n(C)c5)n(C)c4)cn3C)cn2C)cc1C(=O)NCCC(=N)N. The first-order valence-corrected chi connectivity index (χ1v) is 23.2. The van der Waals surface area contributed by atoms with E-state index in [2.05, 4.69) is 42.5 Å². The number of nitrogens with zero attached hydrogens (tertiary/aromatic N) is 6. The van der Waals surface area contributed by atoms with Gasteiger partial charge < -0.3 is 81.4 Å². The zero-order chi connectivity index (χ0) is 55.1. The fraction of sp³-hybridized carbons (Fsp3) is 0.200. The van der Waals surface area contributed by atoms with E-state index < -0.39 is 47.3 Å². The fourth-order valence-corrected chi connectivity index (χ4v) is 8.01. The third-order valence-corrected chi connectivity index (χ3v) is 11.7. The van der Waals surface area contributed by atoms with Crippen molar-refractivity contribution in [1.29, 1.82) is 10.8 Å². The van der Waals surface area contributed by atoms with E-state index in [9.17, 15) is 38.4 Å². The molecule has 0 saturated carbocycles. The topological polar surface area (TPSA) is 362 Å². The highest BCUT2D eigenvalue weighted by atomic mass is 35.5. The van der Waals surface area contributed by atoms with Crippen LogP contribution in [0.5, 0.6) is 0 Å². The lowest BCUT2D eigenvalue weighted by molar-refractivity contribution is 0.0938. The summed E-state index contributed by atoms with van der Waals surface area (Å²) in [6.45, 7) is 0.364. The molecule has 26 nitrogen and oxygen atoms in total. The van der Waals surface area contributed by atoms with E-state index >= 15 is 0 Å². The molecule has 0 unspecified atom stereocenters. The van der Waals surface area contributed by atoms with Crippen LogP contribution in [-0.2, 0) is 42.3 Å². The number of benzene rings is 1. The van der Waals surface area contributed by atoms with Crippen LogP contribution >= 0.6 is 24.8 Å². The summed E-state index contributed by atoms with van der Waals surface area (Å²) in [5, 5.41) is 36.5. The molecule has 0 saturated heterocycles. The molecule has 0 fully saturated rings. The van der Waals surface area contributed by atoms with Crippen molar-refractivity contribution in [3.8, 4) is 0 Å². The average molecular weight is 1110 g/mol. The number of carbonyl (C=O) groups excluding carboxylic acids is 8. The maximum atomic E-state index is 13.7. The third kappa shape index (κ3) is 14.1. The predicted molar refractivity (Wildman–Crippen MR) is 299 cm³/mol. The van der Waals surface area contributed by atoms with Gasteiger partial charge in [0.1, 0.15) is 34.2 Å². The molecule has 0 aliphatic rings. The molecule has 78 heavy (non-hydrogen) atoms. The molecular weight excluding hydrogens is 1050 g/mol. The number of hydrogen-bond acceptors (Lipinski definition) is 10. The average Bonchev–Trinajstić information content (AvgIpc) is 4.22. The van der Waals surface area contributed by atoms with E-state index in [4.69, 9.17) is 22.3 Å². The number of halogens is 2. The molecular formula is C50H58Cl2N18O8. The highest BCUT2D eigenvalue weighted by molar-refractivity contribution is 6.16. The second-order valence-electron chi connectivity index (χ2n) is 17.7. The fourth-order valence-electron chi connectivity index (χ4n) is 8.01. The number of amidine groups is 2. The van der Waals surface area contributed by atoms with Crippen molar-refractivity contribution in [2.24, 2.45) is 53.8 Å². The molecule has 0 atom stereocenters. The second-order valence-corrected chi connectivity index (χ2v) is 17.7. The lowest BCUT2D eigenvalue weighted by Gasteiger charge is -2.09. The smallest absolute Gasteiger partial charge is 0.272 e. The van der Waals surface area contributed by atoms with Crippen molar-refractivity contribution < 1.29 is 38.4 Å². The summed E-state index contributed by atoms with van der Waals surface area (Å²) in [5.41, 5.74) is 13.8. The van der Waals surface area contributed by atoms with Crippen molar-refractivity contribution in [2.45, 2.75) is 12.8 Å². The summed E-state index contributed by atoms with van der Waals surface area (Å²) in [5.74, 6) is -4.35. The molecule has 6 heterocycles. The Labute approximate surface area is 458 Å². The molecule has 0 aliphatic carbocycles. The molecule has 6 aromatic heterocycles. The van der Waals surface area contributed by atoms with Gasteiger partial charge in [-0.2, -0.15) is 0 Å². The van der Waals surface area contributed by atoms with Gasteiger partial charge in [-0.15, -0.1) is 24.8 Å². The summed E-state index contributed by atoms with van der Waals surface area (Å²) in [7, 11) is 9.75. The van der Waals surface area contributed by atoms with Crippen LogP contribution in [0, 0.1) is 10.8 Å². The standard InChI is InChI=1S/C50H56N18O8.2ClH/c1-63-23-29(15-35(63)45(71)55-13-11-41(51)52)59-49(75)39-19-31(25-67(39)5)61-47(73)37-17-27(21-65(37)3)57-43(69)33-9-7-8-10-34(33)44(70)58-28-18-38(66(4)22-28)48(74)62-32-20-40(68(6)26-32)50(76)60-30-16-36(64(2)24-30)46(72)56-14-12-42(53)54;;/h7-10,15-26H,11-14H2,1-6H3,(H3,51,52)(H3,53,54)(H,55,71)(H,56,72)(H,57,69)(H,58,70)(H,59,75)(H,60,76)(H,61,73)(H,62,74);2*1H. The van der Waals surface area contributed by atoms with Gasteiger partial charge in [-0.1, -0.05) is 12.1 Å². The lowest BCUT2D eigenvalue weighted by Crippen LogP contribution is -2.28. The highest BCUT2D eigenvalue weighted by Crippen LogP contribution is 2.24. The summed E-state index contributed by atoms with van der Waals surface area (Å²) in [6.07, 6.45) is 9.66. The van der Waals surface area contributed by atoms with Crippen LogP contribution in [0.1, 0.15) is 96.5 Å². The van der Waals surface area contributed by atoms with Crippen molar-refractivity contribution in [3.63, 3.8) is 0 Å². The molecule has 410 valence electrons. The minimum Gasteiger partial charge on any atom is -0.388 e. The molecule has 0 bridgehead atoms. The molecule has 7 rings (SSSR count). The maximum absolute atomic E-state index is 13.7. The van der Waals surface area contributed by atoms with Crippen LogP contribution in [0.2, 0.25) is 0 Å². The largest absolute Gasteiger partial charge is 0.388 e. The zero-order valence-corrected chi connectivity index (χ0v) is 44.6. The number of aromatic nitrogens is 6. The highest BCUT2D eigenvalue weighted by Gasteiger charge is 2.24. The molecule has 0 spiro atoms. The number of amides is 8. The van der Waals surface area contributed by atoms with Crippen LogP contribution < -0.4 is 54.0 Å². The Kier molecular flexibility index (Phi) is 19.0. The first-order valence-electron chi connectivity index (χ1n) is 23.2. The van der Waals surface area contributed by atoms with Crippen molar-refractivity contribution >= 4 is 118 Å². The van der Waals surface area contributed by atoms with E-state index in [0.29, 0.717) is 22.7 Å². The monoisotopic (exact) mass is 1110 g/mol. The Morgan fingerprint density at radius 2 is 0.577 bits per heavy atom. The Balaban J connectivity index is 0.00000560. The molecule has 8 amide bonds. The van der Waals surface area contributed by atoms with E-state index in [-0.39, 0.29) is 119 Å². The first-order chi connectivity index (χ1) is 36.0. The molecule has 0 radical (unpaired) electrons. The zero-order valence-electron chi connectivity index (χ0n) is 43.0. The van der Waals surface area contributed by atoms with E-state index in [1.807, 2.05) is 0 Å². The Morgan fingerprint density at radius 3 is 0.795 bits per heavy atom. The normalized spacial score (nSPS) is 10.5. The Morgan fingerprint density at radius 1 is 0.372 bits per heavy atom. The summed E-state index contributed by atoms with van der Waals surface area (Å²) in [4.78, 5) is 106. The number of carbonyl (C=O) groups is 8. The Bertz CT molecular complexity index is 3270. The minimum absolute atomic E-state index is 0. The number of nitrogens with one attached hydrogen (secondary N) is 10. The first kappa shape index (κ1) is 59.1. The van der Waals surface area contributed by atoms with Gasteiger partial charge in [-0.05, 0) is 48.5 Å². The Hall–Kier alpha value is -9.82. The van der Waals surface area contributed by atoms with Gasteiger partial charge in [-0.25, -0.2) is 0 Å². The summed E-state index contributed by atoms with van der Waals surface area (Å²) < 4.78 is 9.11. The molecule has 1 aromatic carbocycles. The van der Waals surface area contributed by atoms with Crippen molar-refractivity contribution in [2.75, 3.05) is 45.0 Å². The van der Waals surface area contributed by atoms with Crippen LogP contribution in [0.25, 0.3) is 0 Å². The van der Waals surface area contributed by atoms with E-state index in [0.717, 1.165) is 0 Å². The molecule has 0 aliphatic heterocycles. The van der Waals surface area contributed by atoms with Crippen LogP contribution in [0.4, 0.5) is 34.1 Å². The summed E-state index contributed by atoms with van der Waals surface area (Å²) >= 11 is 0. The van der Waals surface area contributed by atoms with Gasteiger partial charge in [0, 0.05) is 105 Å². The van der Waals surface area contributed by atoms with Gasteiger partial charge in [0.05, 0.1) is 56.9 Å². The summed E-state index contributed by atoms with van der Waals surface area (Å²) in [6, 6.07) is 15.0. The lowest BCUT2D eigenvalue weighted by atomic mass is 10.1. The van der Waals surface area contributed by atoms with Crippen LogP contribution in [0.15, 0.2) is 97.8 Å². The molecule has 7 aromatic rings. The minimum atomic E-state index is -0.649. The van der Waals surface area contributed by atoms with Gasteiger partial charge in [0.2, 0.25) is 0 Å². The molecule has 28 heteroatoms. The van der Waals surface area contributed by atoms with Crippen molar-refractivity contribution in [3.05, 3.63) is 143 Å². The second kappa shape index (κ2) is 25.1. The number of hydrogen-bond donors (Lipinski definition) is 12. The maximum Gasteiger partial charge on any atom is 0.272 e. The third-order valence-electron chi connectivity index (χ3n) is 11.7. The van der Waals surface area contributed by atoms with Gasteiger partial charge in [0.25, 0.3) is 47.3 Å². The van der Waals surface area contributed by atoms with Crippen molar-refractivity contribution in [1.82, 2.24) is 38.0 Å². The quantitative estimate of drug-likeness (QED) is 0.0381.